The molecule has 1 spiro atoms. The predicted molar refractivity (Wildman–Crippen MR) is 163 cm³/mol. The van der Waals surface area contributed by atoms with Crippen LogP contribution < -0.4 is 15.6 Å². The van der Waals surface area contributed by atoms with Crippen molar-refractivity contribution in [3.05, 3.63) is 40.6 Å². The van der Waals surface area contributed by atoms with Crippen LogP contribution in [-0.2, 0) is 10.0 Å². The third kappa shape index (κ3) is 5.39. The summed E-state index contributed by atoms with van der Waals surface area (Å²) in [5.41, 5.74) is 0.799. The van der Waals surface area contributed by atoms with E-state index in [0.717, 1.165) is 51.0 Å². The van der Waals surface area contributed by atoms with Crippen molar-refractivity contribution in [3.8, 4) is 11.3 Å². The van der Waals surface area contributed by atoms with Gasteiger partial charge in [-0.15, -0.1) is 0 Å². The second-order valence-electron chi connectivity index (χ2n) is 13.0. The Labute approximate surface area is 246 Å². The van der Waals surface area contributed by atoms with Gasteiger partial charge in [0, 0.05) is 23.7 Å². The minimum absolute atomic E-state index is 0.0572. The van der Waals surface area contributed by atoms with Crippen LogP contribution in [0.2, 0.25) is 0 Å². The van der Waals surface area contributed by atoms with Gasteiger partial charge in [0.2, 0.25) is 16.0 Å². The molecule has 3 fully saturated rings. The molecule has 10 nitrogen and oxygen atoms in total. The highest BCUT2D eigenvalue weighted by Gasteiger charge is 2.52. The number of halogens is 1. The Kier molecular flexibility index (Phi) is 7.49. The molecule has 0 unspecified atom stereocenters. The Hall–Kier alpha value is -3.12. The fraction of sp³-hybridized carbons (Fsp3) is 0.600. The smallest absolute Gasteiger partial charge is 0.278 e. The second kappa shape index (κ2) is 10.9. The van der Waals surface area contributed by atoms with Crippen LogP contribution >= 0.6 is 0 Å². The van der Waals surface area contributed by atoms with Crippen molar-refractivity contribution in [3.63, 3.8) is 0 Å². The Bertz CT molecular complexity index is 1650. The summed E-state index contributed by atoms with van der Waals surface area (Å²) < 4.78 is 45.0. The lowest BCUT2D eigenvalue weighted by Gasteiger charge is -2.53. The van der Waals surface area contributed by atoms with Gasteiger partial charge < -0.3 is 10.2 Å². The molecule has 0 bridgehead atoms. The van der Waals surface area contributed by atoms with Gasteiger partial charge >= 0.3 is 0 Å². The first-order valence-electron chi connectivity index (χ1n) is 15.0. The summed E-state index contributed by atoms with van der Waals surface area (Å²) in [5.74, 6) is -0.303. The van der Waals surface area contributed by atoms with Crippen molar-refractivity contribution in [2.75, 3.05) is 24.1 Å². The van der Waals surface area contributed by atoms with Gasteiger partial charge in [0.1, 0.15) is 17.0 Å². The summed E-state index contributed by atoms with van der Waals surface area (Å²) in [5, 5.41) is 2.94. The van der Waals surface area contributed by atoms with Crippen molar-refractivity contribution >= 4 is 32.8 Å². The molecule has 0 saturated heterocycles. The van der Waals surface area contributed by atoms with Gasteiger partial charge in [-0.25, -0.2) is 22.8 Å². The molecule has 12 heteroatoms. The Balaban J connectivity index is 1.24. The summed E-state index contributed by atoms with van der Waals surface area (Å²) in [6, 6.07) is 4.64. The van der Waals surface area contributed by atoms with E-state index in [4.69, 9.17) is 0 Å². The number of benzene rings is 1. The Morgan fingerprint density at radius 3 is 2.40 bits per heavy atom. The average molecular weight is 598 g/mol. The van der Waals surface area contributed by atoms with E-state index in [9.17, 15) is 13.2 Å². The van der Waals surface area contributed by atoms with Crippen LogP contribution in [0.25, 0.3) is 22.4 Å². The molecule has 1 aromatic carbocycles. The van der Waals surface area contributed by atoms with E-state index >= 15 is 4.39 Å². The molecule has 3 aliphatic carbocycles. The van der Waals surface area contributed by atoms with E-state index < -0.39 is 26.6 Å². The number of anilines is 2. The fourth-order valence-electron chi connectivity index (χ4n) is 6.85. The fourth-order valence-corrected chi connectivity index (χ4v) is 8.63. The van der Waals surface area contributed by atoms with Gasteiger partial charge in [-0.1, -0.05) is 12.5 Å². The molecule has 0 atom stereocenters. The lowest BCUT2D eigenvalue weighted by molar-refractivity contribution is 0.0353. The van der Waals surface area contributed by atoms with E-state index in [-0.39, 0.29) is 34.4 Å². The number of aromatic nitrogens is 4. The normalized spacial score (nSPS) is 22.4. The van der Waals surface area contributed by atoms with E-state index in [1.54, 1.807) is 10.8 Å². The first-order valence-corrected chi connectivity index (χ1v) is 16.5. The van der Waals surface area contributed by atoms with E-state index in [1.807, 2.05) is 13.8 Å². The molecule has 0 radical (unpaired) electrons. The molecule has 42 heavy (non-hydrogen) atoms. The maximum absolute atomic E-state index is 15.2. The predicted octanol–water partition coefficient (Wildman–Crippen LogP) is 4.93. The van der Waals surface area contributed by atoms with Crippen molar-refractivity contribution in [2.24, 2.45) is 5.41 Å². The number of hydrogen-bond donors (Lipinski definition) is 2. The standard InChI is InChI=1S/C30H40FN7O3S/c1-18(2)38-27-25(17-32-29(35-27)33-20-7-9-21(10-8-20)37(3)4)34-26(28(38)39)19-6-11-24(23(31)14-19)36-42(40,41)22-15-30(16-22)12-5-13-30/h6,11,14,17-18,20-22,36H,5,7-10,12-13,15-16H2,1-4H3,(H,32,33,35)/t20-,21-. The summed E-state index contributed by atoms with van der Waals surface area (Å²) >= 11 is 0. The first-order chi connectivity index (χ1) is 19.9. The van der Waals surface area contributed by atoms with Crippen LogP contribution in [0.1, 0.15) is 77.7 Å². The summed E-state index contributed by atoms with van der Waals surface area (Å²) in [6.07, 6.45) is 10.4. The summed E-state index contributed by atoms with van der Waals surface area (Å²) in [7, 11) is 0.527. The van der Waals surface area contributed by atoms with Crippen molar-refractivity contribution < 1.29 is 12.8 Å². The minimum Gasteiger partial charge on any atom is -0.351 e. The lowest BCUT2D eigenvalue weighted by Crippen LogP contribution is -2.50. The van der Waals surface area contributed by atoms with Crippen LogP contribution in [0.4, 0.5) is 16.0 Å². The zero-order chi connectivity index (χ0) is 29.8. The molecule has 226 valence electrons. The van der Waals surface area contributed by atoms with Crippen LogP contribution in [0.15, 0.2) is 29.2 Å². The van der Waals surface area contributed by atoms with Gasteiger partial charge in [-0.3, -0.25) is 14.1 Å². The Morgan fingerprint density at radius 2 is 1.81 bits per heavy atom. The molecule has 3 aliphatic rings. The second-order valence-corrected chi connectivity index (χ2v) is 14.9. The van der Waals surface area contributed by atoms with Gasteiger partial charge in [0.15, 0.2) is 5.65 Å². The highest BCUT2D eigenvalue weighted by atomic mass is 32.2. The zero-order valence-corrected chi connectivity index (χ0v) is 25.5. The van der Waals surface area contributed by atoms with Crippen LogP contribution in [0, 0.1) is 11.2 Å². The molecule has 0 aliphatic heterocycles. The number of sulfonamides is 1. The van der Waals surface area contributed by atoms with Crippen LogP contribution in [0.3, 0.4) is 0 Å². The molecule has 2 heterocycles. The van der Waals surface area contributed by atoms with Gasteiger partial charge in [-0.2, -0.15) is 4.98 Å². The molecular weight excluding hydrogens is 557 g/mol. The average Bonchev–Trinajstić information content (AvgIpc) is 2.87. The summed E-state index contributed by atoms with van der Waals surface area (Å²) in [4.78, 5) is 29.6. The molecule has 0 amide bonds. The third-order valence-electron chi connectivity index (χ3n) is 9.58. The number of nitrogens with zero attached hydrogens (tertiary/aromatic N) is 5. The number of nitrogens with one attached hydrogen (secondary N) is 2. The highest BCUT2D eigenvalue weighted by Crippen LogP contribution is 2.57. The van der Waals surface area contributed by atoms with E-state index in [1.165, 1.54) is 12.1 Å². The minimum atomic E-state index is -3.70. The maximum atomic E-state index is 15.2. The molecule has 6 rings (SSSR count). The number of rotatable bonds is 8. The van der Waals surface area contributed by atoms with E-state index in [2.05, 4.69) is 44.0 Å². The van der Waals surface area contributed by atoms with Gasteiger partial charge in [0.25, 0.3) is 5.56 Å². The monoisotopic (exact) mass is 597 g/mol. The molecule has 3 saturated carbocycles. The maximum Gasteiger partial charge on any atom is 0.278 e. The quantitative estimate of drug-likeness (QED) is 0.375. The van der Waals surface area contributed by atoms with Crippen LogP contribution in [-0.4, -0.2) is 64.3 Å². The topological polar surface area (TPSA) is 122 Å². The highest BCUT2D eigenvalue weighted by molar-refractivity contribution is 7.93. The van der Waals surface area contributed by atoms with Crippen LogP contribution in [0.5, 0.6) is 0 Å². The largest absolute Gasteiger partial charge is 0.351 e. The Morgan fingerprint density at radius 1 is 1.10 bits per heavy atom. The SMILES string of the molecule is CC(C)n1c(=O)c(-c2ccc(NS(=O)(=O)C3CC4(CCC4)C3)c(F)c2)nc2cnc(N[C@H]3CC[C@H](N(C)C)CC3)nc21. The molecule has 3 aromatic rings. The molecule has 2 N–H and O–H groups in total. The third-order valence-corrected chi connectivity index (χ3v) is 11.3. The van der Waals surface area contributed by atoms with Crippen molar-refractivity contribution in [1.82, 2.24) is 24.4 Å². The van der Waals surface area contributed by atoms with Gasteiger partial charge in [0.05, 0.1) is 17.1 Å². The molecule has 2 aromatic heterocycles. The van der Waals surface area contributed by atoms with Gasteiger partial charge in [-0.05, 0) is 96.9 Å². The number of hydrogen-bond acceptors (Lipinski definition) is 8. The van der Waals surface area contributed by atoms with Crippen molar-refractivity contribution in [2.45, 2.75) is 95.0 Å². The van der Waals surface area contributed by atoms with E-state index in [0.29, 0.717) is 36.0 Å². The van der Waals surface area contributed by atoms with Crippen molar-refractivity contribution in [1.29, 1.82) is 0 Å². The zero-order valence-electron chi connectivity index (χ0n) is 24.7. The first kappa shape index (κ1) is 29.0. The molecular formula is C30H40FN7O3S. The number of fused-ring (bicyclic) bond motifs is 1. The lowest BCUT2D eigenvalue weighted by atomic mass is 9.56. The summed E-state index contributed by atoms with van der Waals surface area (Å²) in [6.45, 7) is 3.77.